The van der Waals surface area contributed by atoms with E-state index in [4.69, 9.17) is 11.6 Å². The Morgan fingerprint density at radius 3 is 2.44 bits per heavy atom. The van der Waals surface area contributed by atoms with Gasteiger partial charge in [-0.1, -0.05) is 11.6 Å². The van der Waals surface area contributed by atoms with Crippen LogP contribution in [0.4, 0.5) is 8.78 Å². The Balaban J connectivity index is 2.32. The molecular formula is C19H15ClF2N2O3. The number of carbonyl (C=O) groups excluding carboxylic acids is 2. The number of fused-ring (bicyclic) bond motifs is 1. The van der Waals surface area contributed by atoms with Gasteiger partial charge in [0.05, 0.1) is 11.9 Å². The van der Waals surface area contributed by atoms with Crippen molar-refractivity contribution >= 4 is 34.3 Å². The third-order valence-electron chi connectivity index (χ3n) is 4.40. The van der Waals surface area contributed by atoms with Crippen LogP contribution in [0.15, 0.2) is 30.3 Å². The molecule has 0 saturated carbocycles. The van der Waals surface area contributed by atoms with Crippen molar-refractivity contribution in [1.82, 2.24) is 9.88 Å². The lowest BCUT2D eigenvalue weighted by atomic mass is 10.1. The van der Waals surface area contributed by atoms with Gasteiger partial charge in [-0.15, -0.1) is 0 Å². The highest BCUT2D eigenvalue weighted by Crippen LogP contribution is 2.35. The summed E-state index contributed by atoms with van der Waals surface area (Å²) in [7, 11) is 1.42. The van der Waals surface area contributed by atoms with Crippen LogP contribution in [0.1, 0.15) is 21.6 Å². The summed E-state index contributed by atoms with van der Waals surface area (Å²) in [6.45, 7) is 1.53. The highest BCUT2D eigenvalue weighted by atomic mass is 35.5. The number of amides is 1. The molecule has 0 atom stereocenters. The molecule has 0 bridgehead atoms. The molecule has 3 rings (SSSR count). The van der Waals surface area contributed by atoms with Crippen LogP contribution in [0.5, 0.6) is 5.75 Å². The molecule has 0 radical (unpaired) electrons. The molecule has 0 spiro atoms. The molecule has 0 aliphatic heterocycles. The number of benzene rings is 2. The van der Waals surface area contributed by atoms with E-state index >= 15 is 0 Å². The molecule has 1 amide bonds. The van der Waals surface area contributed by atoms with Crippen molar-refractivity contribution in [2.24, 2.45) is 0 Å². The van der Waals surface area contributed by atoms with Gasteiger partial charge in [-0.3, -0.25) is 14.2 Å². The van der Waals surface area contributed by atoms with Gasteiger partial charge in [0.25, 0.3) is 5.91 Å². The third-order valence-corrected chi connectivity index (χ3v) is 4.65. The maximum Gasteiger partial charge on any atom is 0.262 e. The highest BCUT2D eigenvalue weighted by molar-refractivity contribution is 6.30. The van der Waals surface area contributed by atoms with Gasteiger partial charge in [0.2, 0.25) is 5.91 Å². The lowest BCUT2D eigenvalue weighted by Gasteiger charge is -2.08. The van der Waals surface area contributed by atoms with E-state index in [0.717, 1.165) is 10.6 Å². The molecule has 0 fully saturated rings. The van der Waals surface area contributed by atoms with Gasteiger partial charge in [-0.05, 0) is 36.8 Å². The Labute approximate surface area is 158 Å². The first-order valence-electron chi connectivity index (χ1n) is 7.98. The standard InChI is InChI=1S/C19H15ClF2N2O3/c1-9-12(7-15(25)23-2)16-14(8-13(21)18(26)17(16)22)24(9)19(27)10-3-5-11(20)6-4-10/h3-6,8,26H,7H2,1-2H3,(H,23,25). The van der Waals surface area contributed by atoms with Crippen LogP contribution in [-0.4, -0.2) is 28.5 Å². The molecule has 8 heteroatoms. The van der Waals surface area contributed by atoms with Gasteiger partial charge in [-0.25, -0.2) is 8.78 Å². The van der Waals surface area contributed by atoms with E-state index in [-0.39, 0.29) is 34.1 Å². The maximum atomic E-state index is 14.6. The number of carbonyl (C=O) groups is 2. The molecular weight excluding hydrogens is 378 g/mol. The zero-order valence-corrected chi connectivity index (χ0v) is 15.2. The van der Waals surface area contributed by atoms with Crippen molar-refractivity contribution in [1.29, 1.82) is 0 Å². The number of aromatic nitrogens is 1. The number of phenols is 1. The fourth-order valence-corrected chi connectivity index (χ4v) is 3.13. The second-order valence-electron chi connectivity index (χ2n) is 5.98. The van der Waals surface area contributed by atoms with Gasteiger partial charge < -0.3 is 10.4 Å². The van der Waals surface area contributed by atoms with E-state index in [0.29, 0.717) is 5.02 Å². The average Bonchev–Trinajstić information content (AvgIpc) is 2.91. The highest BCUT2D eigenvalue weighted by Gasteiger charge is 2.26. The van der Waals surface area contributed by atoms with E-state index < -0.39 is 29.2 Å². The zero-order valence-electron chi connectivity index (χ0n) is 14.4. The van der Waals surface area contributed by atoms with Gasteiger partial charge in [0.15, 0.2) is 17.4 Å². The van der Waals surface area contributed by atoms with Gasteiger partial charge in [0, 0.05) is 34.8 Å². The third kappa shape index (κ3) is 3.14. The maximum absolute atomic E-state index is 14.6. The summed E-state index contributed by atoms with van der Waals surface area (Å²) in [6, 6.07) is 6.90. The van der Waals surface area contributed by atoms with E-state index in [9.17, 15) is 23.5 Å². The minimum Gasteiger partial charge on any atom is -0.503 e. The number of aromatic hydroxyl groups is 1. The zero-order chi connectivity index (χ0) is 19.9. The summed E-state index contributed by atoms with van der Waals surface area (Å²) in [6.07, 6.45) is -0.234. The molecule has 1 aromatic heterocycles. The van der Waals surface area contributed by atoms with Crippen molar-refractivity contribution in [3.63, 3.8) is 0 Å². The first-order chi connectivity index (χ1) is 12.8. The number of hydrogen-bond acceptors (Lipinski definition) is 3. The molecule has 0 aliphatic carbocycles. The monoisotopic (exact) mass is 392 g/mol. The summed E-state index contributed by atoms with van der Waals surface area (Å²) in [5.41, 5.74) is 0.649. The van der Waals surface area contributed by atoms with E-state index in [1.165, 1.54) is 38.2 Å². The largest absolute Gasteiger partial charge is 0.503 e. The lowest BCUT2D eigenvalue weighted by Crippen LogP contribution is -2.21. The Kier molecular flexibility index (Phi) is 4.89. The lowest BCUT2D eigenvalue weighted by molar-refractivity contribution is -0.119. The van der Waals surface area contributed by atoms with Crippen LogP contribution in [0.25, 0.3) is 10.9 Å². The van der Waals surface area contributed by atoms with Crippen molar-refractivity contribution < 1.29 is 23.5 Å². The summed E-state index contributed by atoms with van der Waals surface area (Å²) >= 11 is 5.84. The van der Waals surface area contributed by atoms with Gasteiger partial charge >= 0.3 is 0 Å². The molecule has 2 aromatic carbocycles. The van der Waals surface area contributed by atoms with Crippen molar-refractivity contribution in [2.75, 3.05) is 7.05 Å². The molecule has 3 aromatic rings. The van der Waals surface area contributed by atoms with Crippen molar-refractivity contribution in [3.8, 4) is 5.75 Å². The summed E-state index contributed by atoms with van der Waals surface area (Å²) in [4.78, 5) is 24.8. The molecule has 0 saturated heterocycles. The Morgan fingerprint density at radius 1 is 1.22 bits per heavy atom. The minimum absolute atomic E-state index is 0.0702. The minimum atomic E-state index is -1.21. The molecule has 1 heterocycles. The first-order valence-corrected chi connectivity index (χ1v) is 8.35. The van der Waals surface area contributed by atoms with Crippen LogP contribution in [-0.2, 0) is 11.2 Å². The smallest absolute Gasteiger partial charge is 0.262 e. The Morgan fingerprint density at radius 2 is 1.85 bits per heavy atom. The summed E-state index contributed by atoms with van der Waals surface area (Å²) in [5.74, 6) is -4.53. The molecule has 5 nitrogen and oxygen atoms in total. The number of likely N-dealkylation sites (N-methyl/N-ethyl adjacent to an activating group) is 1. The van der Waals surface area contributed by atoms with Crippen LogP contribution in [0.2, 0.25) is 5.02 Å². The summed E-state index contributed by atoms with van der Waals surface area (Å²) < 4.78 is 29.7. The number of hydrogen-bond donors (Lipinski definition) is 2. The number of rotatable bonds is 3. The molecule has 140 valence electrons. The Hall–Kier alpha value is -2.93. The number of phenolic OH excluding ortho intramolecular Hbond substituents is 1. The van der Waals surface area contributed by atoms with Crippen LogP contribution >= 0.6 is 11.6 Å². The number of nitrogens with zero attached hydrogens (tertiary/aromatic N) is 1. The second-order valence-corrected chi connectivity index (χ2v) is 6.41. The van der Waals surface area contributed by atoms with E-state index in [2.05, 4.69) is 5.32 Å². The average molecular weight is 393 g/mol. The quantitative estimate of drug-likeness (QED) is 0.716. The van der Waals surface area contributed by atoms with Crippen LogP contribution < -0.4 is 5.32 Å². The van der Waals surface area contributed by atoms with Crippen molar-refractivity contribution in [3.05, 3.63) is 63.8 Å². The molecule has 0 unspecified atom stereocenters. The van der Waals surface area contributed by atoms with E-state index in [1.54, 1.807) is 0 Å². The predicted molar refractivity (Wildman–Crippen MR) is 97.2 cm³/mol. The Bertz CT molecular complexity index is 1080. The van der Waals surface area contributed by atoms with Crippen molar-refractivity contribution in [2.45, 2.75) is 13.3 Å². The van der Waals surface area contributed by atoms with Gasteiger partial charge in [0.1, 0.15) is 0 Å². The molecule has 27 heavy (non-hydrogen) atoms. The summed E-state index contributed by atoms with van der Waals surface area (Å²) in [5, 5.41) is 12.3. The van der Waals surface area contributed by atoms with Crippen LogP contribution in [0.3, 0.4) is 0 Å². The molecule has 2 N–H and O–H groups in total. The molecule has 0 aliphatic rings. The SMILES string of the molecule is CNC(=O)Cc1c(C)n(C(=O)c2ccc(Cl)cc2)c2cc(F)c(O)c(F)c12. The van der Waals surface area contributed by atoms with E-state index in [1.807, 2.05) is 0 Å². The van der Waals surface area contributed by atoms with Gasteiger partial charge in [-0.2, -0.15) is 0 Å². The fraction of sp³-hybridized carbons (Fsp3) is 0.158. The predicted octanol–water partition coefficient (Wildman–Crippen LogP) is 3.56. The first kappa shape index (κ1) is 18.8. The topological polar surface area (TPSA) is 71.3 Å². The van der Waals surface area contributed by atoms with Crippen LogP contribution in [0, 0.1) is 18.6 Å². The normalized spacial score (nSPS) is 11.0. The second kappa shape index (κ2) is 7.00. The number of halogens is 3. The fourth-order valence-electron chi connectivity index (χ4n) is 3.00. The number of nitrogens with one attached hydrogen (secondary N) is 1.